The molecule has 0 spiro atoms. The summed E-state index contributed by atoms with van der Waals surface area (Å²) in [5.74, 6) is 0.713. The molecular weight excluding hydrogens is 402 g/mol. The number of carbonyl (C=O) groups excluding carboxylic acids is 1. The quantitative estimate of drug-likeness (QED) is 0.343. The van der Waals surface area contributed by atoms with Crippen LogP contribution in [0.25, 0.3) is 17.4 Å². The zero-order valence-electron chi connectivity index (χ0n) is 16.0. The van der Waals surface area contributed by atoms with Crippen molar-refractivity contribution < 1.29 is 14.1 Å². The first-order valence-electron chi connectivity index (χ1n) is 9.25. The van der Waals surface area contributed by atoms with E-state index < -0.39 is 4.92 Å². The van der Waals surface area contributed by atoms with Crippen molar-refractivity contribution >= 4 is 40.3 Å². The lowest BCUT2D eigenvalue weighted by Crippen LogP contribution is -2.19. The zero-order valence-corrected chi connectivity index (χ0v) is 16.8. The molecule has 2 aromatic carbocycles. The molecule has 1 aromatic heterocycles. The summed E-state index contributed by atoms with van der Waals surface area (Å²) in [5.41, 5.74) is 2.51. The monoisotopic (exact) mass is 419 g/mol. The van der Waals surface area contributed by atoms with E-state index in [1.54, 1.807) is 30.3 Å². The standard InChI is InChI=1S/C22H17N3O4S/c1-2-14-6-3-4-9-18(14)23-22-24-21(26)20(30-22)13-17-10-11-19(29-17)15-7-5-8-16(12-15)25(27)28/h3-13H,2H2,1H3,(H,23,24,26). The molecule has 0 atom stereocenters. The Morgan fingerprint density at radius 3 is 2.80 bits per heavy atom. The molecule has 30 heavy (non-hydrogen) atoms. The molecule has 1 amide bonds. The molecule has 0 radical (unpaired) electrons. The molecule has 150 valence electrons. The first-order chi connectivity index (χ1) is 14.5. The number of hydrogen-bond donors (Lipinski definition) is 1. The van der Waals surface area contributed by atoms with Crippen molar-refractivity contribution in [3.8, 4) is 11.3 Å². The van der Waals surface area contributed by atoms with Crippen molar-refractivity contribution in [1.29, 1.82) is 0 Å². The number of nitrogens with one attached hydrogen (secondary N) is 1. The number of carbonyl (C=O) groups is 1. The summed E-state index contributed by atoms with van der Waals surface area (Å²) >= 11 is 1.24. The van der Waals surface area contributed by atoms with Crippen LogP contribution >= 0.6 is 11.8 Å². The number of thioether (sulfide) groups is 1. The van der Waals surface area contributed by atoms with Crippen LogP contribution in [0.3, 0.4) is 0 Å². The molecule has 4 rings (SSSR count). The van der Waals surface area contributed by atoms with Crippen molar-refractivity contribution in [2.24, 2.45) is 4.99 Å². The van der Waals surface area contributed by atoms with Crippen LogP contribution in [0.15, 0.2) is 75.0 Å². The highest BCUT2D eigenvalue weighted by Crippen LogP contribution is 2.31. The Bertz CT molecular complexity index is 1200. The minimum atomic E-state index is -0.452. The minimum absolute atomic E-state index is 0.0113. The van der Waals surface area contributed by atoms with Gasteiger partial charge in [-0.25, -0.2) is 4.99 Å². The fourth-order valence-electron chi connectivity index (χ4n) is 3.00. The third-order valence-electron chi connectivity index (χ3n) is 4.49. The Balaban J connectivity index is 1.56. The number of benzene rings is 2. The number of amides is 1. The molecule has 3 aromatic rings. The van der Waals surface area contributed by atoms with E-state index in [0.29, 0.717) is 27.2 Å². The van der Waals surface area contributed by atoms with Crippen LogP contribution in [-0.2, 0) is 11.2 Å². The van der Waals surface area contributed by atoms with Gasteiger partial charge < -0.3 is 9.73 Å². The van der Waals surface area contributed by atoms with E-state index >= 15 is 0 Å². The summed E-state index contributed by atoms with van der Waals surface area (Å²) in [6, 6.07) is 17.4. The number of nitro groups is 1. The topological polar surface area (TPSA) is 97.7 Å². The molecule has 8 heteroatoms. The molecule has 1 fully saturated rings. The predicted molar refractivity (Wildman–Crippen MR) is 117 cm³/mol. The van der Waals surface area contributed by atoms with Crippen LogP contribution < -0.4 is 5.32 Å². The molecule has 0 bridgehead atoms. The van der Waals surface area contributed by atoms with E-state index in [2.05, 4.69) is 17.2 Å². The number of nitro benzene ring substituents is 1. The Kier molecular flexibility index (Phi) is 5.49. The average molecular weight is 419 g/mol. The average Bonchev–Trinajstić information content (AvgIpc) is 3.35. The van der Waals surface area contributed by atoms with E-state index in [9.17, 15) is 14.9 Å². The van der Waals surface area contributed by atoms with Crippen LogP contribution in [0.4, 0.5) is 11.4 Å². The third-order valence-corrected chi connectivity index (χ3v) is 5.40. The Morgan fingerprint density at radius 2 is 2.00 bits per heavy atom. The summed E-state index contributed by atoms with van der Waals surface area (Å²) in [5, 5.41) is 14.2. The largest absolute Gasteiger partial charge is 0.457 e. The summed E-state index contributed by atoms with van der Waals surface area (Å²) in [6.07, 6.45) is 2.48. The molecular formula is C22H17N3O4S. The summed E-state index contributed by atoms with van der Waals surface area (Å²) < 4.78 is 5.77. The maximum Gasteiger partial charge on any atom is 0.270 e. The van der Waals surface area contributed by atoms with Gasteiger partial charge in [0.05, 0.1) is 15.5 Å². The summed E-state index contributed by atoms with van der Waals surface area (Å²) in [6.45, 7) is 2.06. The zero-order chi connectivity index (χ0) is 21.1. The number of furan rings is 1. The van der Waals surface area contributed by atoms with Gasteiger partial charge in [-0.3, -0.25) is 14.9 Å². The van der Waals surface area contributed by atoms with E-state index in [4.69, 9.17) is 4.42 Å². The minimum Gasteiger partial charge on any atom is -0.457 e. The van der Waals surface area contributed by atoms with E-state index in [0.717, 1.165) is 17.7 Å². The highest BCUT2D eigenvalue weighted by Gasteiger charge is 2.24. The number of amidine groups is 1. The first kappa shape index (κ1) is 19.7. The molecule has 1 N–H and O–H groups in total. The van der Waals surface area contributed by atoms with E-state index in [-0.39, 0.29) is 11.6 Å². The lowest BCUT2D eigenvalue weighted by molar-refractivity contribution is -0.384. The van der Waals surface area contributed by atoms with Crippen molar-refractivity contribution in [3.63, 3.8) is 0 Å². The van der Waals surface area contributed by atoms with E-state index in [1.807, 2.05) is 24.3 Å². The van der Waals surface area contributed by atoms with Crippen molar-refractivity contribution in [2.75, 3.05) is 0 Å². The summed E-state index contributed by atoms with van der Waals surface area (Å²) in [7, 11) is 0. The molecule has 1 saturated heterocycles. The highest BCUT2D eigenvalue weighted by molar-refractivity contribution is 8.18. The lowest BCUT2D eigenvalue weighted by Gasteiger charge is -2.02. The summed E-state index contributed by atoms with van der Waals surface area (Å²) in [4.78, 5) is 27.9. The van der Waals surface area contributed by atoms with Crippen LogP contribution in [0.1, 0.15) is 18.2 Å². The number of rotatable bonds is 5. The second kappa shape index (κ2) is 8.38. The van der Waals surface area contributed by atoms with Gasteiger partial charge in [-0.15, -0.1) is 0 Å². The van der Waals surface area contributed by atoms with Gasteiger partial charge in [0.15, 0.2) is 5.17 Å². The van der Waals surface area contributed by atoms with Gasteiger partial charge in [0.1, 0.15) is 11.5 Å². The smallest absolute Gasteiger partial charge is 0.270 e. The lowest BCUT2D eigenvalue weighted by atomic mass is 10.1. The molecule has 0 saturated carbocycles. The molecule has 2 heterocycles. The second-order valence-electron chi connectivity index (χ2n) is 6.47. The van der Waals surface area contributed by atoms with Gasteiger partial charge >= 0.3 is 0 Å². The van der Waals surface area contributed by atoms with Gasteiger partial charge in [-0.05, 0) is 41.9 Å². The van der Waals surface area contributed by atoms with Gasteiger partial charge in [0.25, 0.3) is 11.6 Å². The number of nitrogens with zero attached hydrogens (tertiary/aromatic N) is 2. The van der Waals surface area contributed by atoms with Crippen molar-refractivity contribution in [3.05, 3.63) is 87.0 Å². The number of para-hydroxylation sites is 1. The van der Waals surface area contributed by atoms with E-state index in [1.165, 1.54) is 23.9 Å². The van der Waals surface area contributed by atoms with Crippen LogP contribution in [0.2, 0.25) is 0 Å². The van der Waals surface area contributed by atoms with Gasteiger partial charge in [-0.2, -0.15) is 0 Å². The third kappa shape index (κ3) is 4.18. The van der Waals surface area contributed by atoms with Gasteiger partial charge in [0, 0.05) is 23.8 Å². The van der Waals surface area contributed by atoms with Gasteiger partial charge in [0.2, 0.25) is 0 Å². The Hall–Kier alpha value is -3.65. The molecule has 0 aliphatic carbocycles. The highest BCUT2D eigenvalue weighted by atomic mass is 32.2. The Labute approximate surface area is 176 Å². The fourth-order valence-corrected chi connectivity index (χ4v) is 3.81. The van der Waals surface area contributed by atoms with Crippen molar-refractivity contribution in [1.82, 2.24) is 5.32 Å². The maximum absolute atomic E-state index is 12.3. The number of hydrogen-bond acceptors (Lipinski definition) is 6. The van der Waals surface area contributed by atoms with Crippen LogP contribution in [0.5, 0.6) is 0 Å². The molecule has 1 aliphatic rings. The Morgan fingerprint density at radius 1 is 1.17 bits per heavy atom. The number of non-ortho nitro benzene ring substituents is 1. The predicted octanol–water partition coefficient (Wildman–Crippen LogP) is 5.31. The molecule has 0 unspecified atom stereocenters. The SMILES string of the molecule is CCc1ccccc1N=C1NC(=O)C(=Cc2ccc(-c3cccc([N+](=O)[O-])c3)o2)S1. The number of aliphatic imine (C=N–C) groups is 1. The maximum atomic E-state index is 12.3. The van der Waals surface area contributed by atoms with Crippen molar-refractivity contribution in [2.45, 2.75) is 13.3 Å². The van der Waals surface area contributed by atoms with Gasteiger partial charge in [-0.1, -0.05) is 37.3 Å². The van der Waals surface area contributed by atoms with Crippen LogP contribution in [-0.4, -0.2) is 16.0 Å². The fraction of sp³-hybridized carbons (Fsp3) is 0.0909. The first-order valence-corrected chi connectivity index (χ1v) is 10.1. The molecule has 7 nitrogen and oxygen atoms in total. The van der Waals surface area contributed by atoms with Crippen LogP contribution in [0, 0.1) is 10.1 Å². The number of aryl methyl sites for hydroxylation is 1. The second-order valence-corrected chi connectivity index (χ2v) is 7.50. The molecule has 1 aliphatic heterocycles. The normalized spacial score (nSPS) is 16.2.